The Kier molecular flexibility index (Phi) is 11.3. The Morgan fingerprint density at radius 3 is 2.29 bits per heavy atom. The average molecular weight is 538 g/mol. The van der Waals surface area contributed by atoms with Crippen LogP contribution in [0.5, 0.6) is 5.75 Å². The van der Waals surface area contributed by atoms with Gasteiger partial charge in [0.25, 0.3) is 0 Å². The van der Waals surface area contributed by atoms with Gasteiger partial charge in [0.1, 0.15) is 12.4 Å². The molecule has 1 aromatic heterocycles. The summed E-state index contributed by atoms with van der Waals surface area (Å²) >= 11 is 1.88. The van der Waals surface area contributed by atoms with Crippen molar-refractivity contribution in [3.05, 3.63) is 82.6 Å². The number of hydrogen-bond acceptors (Lipinski definition) is 6. The minimum Gasteiger partial charge on any atom is -0.489 e. The molecule has 0 atom stereocenters. The lowest BCUT2D eigenvalue weighted by atomic mass is 9.78. The van der Waals surface area contributed by atoms with Gasteiger partial charge in [-0.3, -0.25) is 14.5 Å². The number of rotatable bonds is 10. The van der Waals surface area contributed by atoms with Crippen molar-refractivity contribution < 1.29 is 19.4 Å². The third-order valence-electron chi connectivity index (χ3n) is 6.87. The molecule has 0 saturated heterocycles. The SMILES string of the molecule is CN(C)C1(c2cccs2)CCC(N)CC1.O=C(O)CCCC(=O)Nc1ccc(OCc2ccccc2)cc1. The predicted molar refractivity (Wildman–Crippen MR) is 153 cm³/mol. The smallest absolute Gasteiger partial charge is 0.303 e. The normalized spacial score (nSPS) is 18.8. The van der Waals surface area contributed by atoms with Crippen molar-refractivity contribution >= 4 is 28.9 Å². The average Bonchev–Trinajstić information content (AvgIpc) is 3.45. The molecule has 8 heteroatoms. The Hall–Kier alpha value is -3.20. The van der Waals surface area contributed by atoms with E-state index in [1.165, 1.54) is 17.7 Å². The number of ether oxygens (including phenoxy) is 1. The number of amides is 1. The van der Waals surface area contributed by atoms with Crippen LogP contribution in [-0.2, 0) is 21.7 Å². The molecule has 4 rings (SSSR count). The number of benzene rings is 2. The summed E-state index contributed by atoms with van der Waals surface area (Å²) in [5.41, 5.74) is 8.00. The molecule has 2 aromatic carbocycles. The molecule has 1 saturated carbocycles. The highest BCUT2D eigenvalue weighted by Gasteiger charge is 2.38. The Balaban J connectivity index is 0.000000230. The van der Waals surface area contributed by atoms with E-state index in [9.17, 15) is 9.59 Å². The molecule has 38 heavy (non-hydrogen) atoms. The summed E-state index contributed by atoms with van der Waals surface area (Å²) in [6.07, 6.45) is 5.22. The van der Waals surface area contributed by atoms with E-state index in [4.69, 9.17) is 15.6 Å². The summed E-state index contributed by atoms with van der Waals surface area (Å²) in [7, 11) is 4.38. The van der Waals surface area contributed by atoms with Crippen molar-refractivity contribution in [2.45, 2.75) is 63.1 Å². The van der Waals surface area contributed by atoms with Crippen LogP contribution in [0.1, 0.15) is 55.4 Å². The van der Waals surface area contributed by atoms with E-state index >= 15 is 0 Å². The minimum absolute atomic E-state index is 0.000314. The van der Waals surface area contributed by atoms with Gasteiger partial charge in [-0.15, -0.1) is 11.3 Å². The van der Waals surface area contributed by atoms with Crippen LogP contribution >= 0.6 is 11.3 Å². The number of nitrogens with two attached hydrogens (primary N) is 1. The van der Waals surface area contributed by atoms with E-state index in [0.29, 0.717) is 24.8 Å². The van der Waals surface area contributed by atoms with Crippen molar-refractivity contribution in [3.63, 3.8) is 0 Å². The number of nitrogens with zero attached hydrogens (tertiary/aromatic N) is 1. The van der Waals surface area contributed by atoms with E-state index in [0.717, 1.165) is 24.2 Å². The standard InChI is InChI=1S/C18H19NO4.C12H20N2S/c20-17(7-4-8-18(21)22)19-15-9-11-16(12-10-15)23-13-14-5-2-1-3-6-14;1-14(2)12(11-4-3-9-15-11)7-5-10(13)6-8-12/h1-3,5-6,9-12H,4,7-8,13H2,(H,19,20)(H,21,22);3-4,9-10H,5-8,13H2,1-2H3. The predicted octanol–water partition coefficient (Wildman–Crippen LogP) is 5.87. The maximum Gasteiger partial charge on any atom is 0.303 e. The van der Waals surface area contributed by atoms with Crippen molar-refractivity contribution in [2.24, 2.45) is 5.73 Å². The summed E-state index contributed by atoms with van der Waals surface area (Å²) in [5.74, 6) is -0.361. The molecule has 1 fully saturated rings. The second-order valence-corrected chi connectivity index (χ2v) is 10.8. The van der Waals surface area contributed by atoms with E-state index in [1.807, 2.05) is 41.7 Å². The highest BCUT2D eigenvalue weighted by molar-refractivity contribution is 7.10. The first kappa shape index (κ1) is 29.4. The quantitative estimate of drug-likeness (QED) is 0.299. The van der Waals surface area contributed by atoms with E-state index in [2.05, 4.69) is 41.8 Å². The van der Waals surface area contributed by atoms with Gasteiger partial charge in [0.05, 0.1) is 5.54 Å². The molecular weight excluding hydrogens is 498 g/mol. The highest BCUT2D eigenvalue weighted by Crippen LogP contribution is 2.42. The molecule has 3 aromatic rings. The molecule has 0 radical (unpaired) electrons. The van der Waals surface area contributed by atoms with Gasteiger partial charge in [0, 0.05) is 29.4 Å². The number of hydrogen-bond donors (Lipinski definition) is 3. The van der Waals surface area contributed by atoms with Gasteiger partial charge in [-0.2, -0.15) is 0 Å². The van der Waals surface area contributed by atoms with Crippen LogP contribution in [-0.4, -0.2) is 42.0 Å². The van der Waals surface area contributed by atoms with Gasteiger partial charge in [0.2, 0.25) is 5.91 Å². The molecule has 0 unspecified atom stereocenters. The van der Waals surface area contributed by atoms with Crippen molar-refractivity contribution in [2.75, 3.05) is 19.4 Å². The molecule has 1 heterocycles. The molecule has 0 spiro atoms. The van der Waals surface area contributed by atoms with E-state index < -0.39 is 5.97 Å². The highest BCUT2D eigenvalue weighted by atomic mass is 32.1. The van der Waals surface area contributed by atoms with Gasteiger partial charge < -0.3 is 20.9 Å². The van der Waals surface area contributed by atoms with Crippen LogP contribution in [0.15, 0.2) is 72.1 Å². The number of carboxylic acid groups (broad SMARTS) is 1. The second kappa shape index (κ2) is 14.7. The van der Waals surface area contributed by atoms with Crippen LogP contribution in [0.3, 0.4) is 0 Å². The van der Waals surface area contributed by atoms with Crippen molar-refractivity contribution in [1.29, 1.82) is 0 Å². The number of carboxylic acids is 1. The van der Waals surface area contributed by atoms with E-state index in [1.54, 1.807) is 24.3 Å². The lowest BCUT2D eigenvalue weighted by Gasteiger charge is -2.44. The first-order valence-corrected chi connectivity index (χ1v) is 13.9. The molecule has 0 bridgehead atoms. The molecular formula is C30H39N3O4S. The second-order valence-electron chi connectivity index (χ2n) is 9.83. The molecule has 0 aliphatic heterocycles. The fourth-order valence-electron chi connectivity index (χ4n) is 4.57. The van der Waals surface area contributed by atoms with Crippen LogP contribution in [0.2, 0.25) is 0 Å². The van der Waals surface area contributed by atoms with Crippen LogP contribution in [0, 0.1) is 0 Å². The summed E-state index contributed by atoms with van der Waals surface area (Å²) in [6, 6.07) is 21.8. The minimum atomic E-state index is -0.891. The summed E-state index contributed by atoms with van der Waals surface area (Å²) < 4.78 is 5.67. The molecule has 4 N–H and O–H groups in total. The number of carbonyl (C=O) groups excluding carboxylic acids is 1. The van der Waals surface area contributed by atoms with Crippen LogP contribution < -0.4 is 15.8 Å². The van der Waals surface area contributed by atoms with Gasteiger partial charge in [-0.25, -0.2) is 0 Å². The molecule has 7 nitrogen and oxygen atoms in total. The fourth-order valence-corrected chi connectivity index (χ4v) is 5.64. The molecule has 1 aliphatic rings. The van der Waals surface area contributed by atoms with Crippen LogP contribution in [0.25, 0.3) is 0 Å². The fraction of sp³-hybridized carbons (Fsp3) is 0.400. The zero-order chi connectivity index (χ0) is 27.4. The Morgan fingerprint density at radius 2 is 1.71 bits per heavy atom. The number of thiophene rings is 1. The third kappa shape index (κ3) is 8.97. The van der Waals surface area contributed by atoms with Gasteiger partial charge in [-0.05, 0) is 87.5 Å². The topological polar surface area (TPSA) is 105 Å². The molecule has 1 aliphatic carbocycles. The Bertz CT molecular complexity index is 1110. The number of nitrogens with one attached hydrogen (secondary N) is 1. The Labute approximate surface area is 229 Å². The van der Waals surface area contributed by atoms with Gasteiger partial charge in [0.15, 0.2) is 0 Å². The Morgan fingerprint density at radius 1 is 1.03 bits per heavy atom. The monoisotopic (exact) mass is 537 g/mol. The first-order chi connectivity index (χ1) is 18.3. The zero-order valence-electron chi connectivity index (χ0n) is 22.3. The van der Waals surface area contributed by atoms with Crippen molar-refractivity contribution in [3.8, 4) is 5.75 Å². The summed E-state index contributed by atoms with van der Waals surface area (Å²) in [5, 5.41) is 13.4. The first-order valence-electron chi connectivity index (χ1n) is 13.0. The van der Waals surface area contributed by atoms with E-state index in [-0.39, 0.29) is 24.3 Å². The van der Waals surface area contributed by atoms with Crippen LogP contribution in [0.4, 0.5) is 5.69 Å². The number of anilines is 1. The number of aliphatic carboxylic acids is 1. The summed E-state index contributed by atoms with van der Waals surface area (Å²) in [6.45, 7) is 0.488. The summed E-state index contributed by atoms with van der Waals surface area (Å²) in [4.78, 5) is 25.9. The van der Waals surface area contributed by atoms with Gasteiger partial charge >= 0.3 is 5.97 Å². The maximum absolute atomic E-state index is 11.7. The van der Waals surface area contributed by atoms with Crippen molar-refractivity contribution in [1.82, 2.24) is 4.90 Å². The maximum atomic E-state index is 11.7. The molecule has 204 valence electrons. The van der Waals surface area contributed by atoms with Gasteiger partial charge in [-0.1, -0.05) is 36.4 Å². The zero-order valence-corrected chi connectivity index (χ0v) is 23.1. The lowest BCUT2D eigenvalue weighted by molar-refractivity contribution is -0.137. The lowest BCUT2D eigenvalue weighted by Crippen LogP contribution is -2.46. The third-order valence-corrected chi connectivity index (χ3v) is 7.94. The number of carbonyl (C=O) groups is 2. The molecule has 1 amide bonds. The largest absolute Gasteiger partial charge is 0.489 e.